The highest BCUT2D eigenvalue weighted by molar-refractivity contribution is 6.18. The lowest BCUT2D eigenvalue weighted by molar-refractivity contribution is 0.393. The molecule has 24 aromatic rings. The van der Waals surface area contributed by atoms with E-state index in [1.54, 1.807) is 59.4 Å². The number of hydrogen-bond donors (Lipinski definition) is 4. The first-order valence-corrected chi connectivity index (χ1v) is 47.9. The molecule has 0 saturated carbocycles. The van der Waals surface area contributed by atoms with E-state index in [0.717, 1.165) is 327 Å². The first-order chi connectivity index (χ1) is 70.5. The summed E-state index contributed by atoms with van der Waals surface area (Å²) < 4.78 is 52.9. The summed E-state index contributed by atoms with van der Waals surface area (Å²) in [5, 5.41) is 43.7. The predicted molar refractivity (Wildman–Crippen MR) is 561 cm³/mol. The summed E-state index contributed by atoms with van der Waals surface area (Å²) in [6.07, 6.45) is 10.4. The van der Waals surface area contributed by atoms with Crippen LogP contribution in [0.15, 0.2) is 170 Å². The van der Waals surface area contributed by atoms with Gasteiger partial charge >= 0.3 is 0 Å². The lowest BCUT2D eigenvalue weighted by atomic mass is 9.98. The maximum Gasteiger partial charge on any atom is 0.153 e. The second kappa shape index (κ2) is 37.4. The van der Waals surface area contributed by atoms with E-state index in [1.165, 1.54) is 0 Å². The second-order valence-corrected chi connectivity index (χ2v) is 36.3. The highest BCUT2D eigenvalue weighted by Crippen LogP contribution is 2.50. The van der Waals surface area contributed by atoms with E-state index in [1.807, 2.05) is 208 Å². The number of nitrogens with zero attached hydrogens (tertiary/aromatic N) is 23. The van der Waals surface area contributed by atoms with Gasteiger partial charge in [-0.05, 0) is 235 Å². The van der Waals surface area contributed by atoms with Gasteiger partial charge < -0.3 is 57.0 Å². The quantitative estimate of drug-likeness (QED) is 0.0620. The fourth-order valence-electron chi connectivity index (χ4n) is 20.7. The number of aryl methyl sites for hydroxylation is 16. The SMILES string of the molecule is CCc1nn(-c2ccncc2)c(CC)c1-c1nc(C)nc2[nH]c3cc(-c4c(C)noc4C)c(OC)cc3c12.COc1cc2c(cc1-c1c(C)noc1C)[nH]c1nc(C)nc(-c3c(C)nn(-c4ccccc4)c3C)c12.COc1cc2c(cc1-c1c(C)noc1C)[nH]c1nc(C)nc(-c3c(C)nn(-c4ccccn4)c3C)c12.COc1cc2c(cc1-c1c(C)noc1C)[nH]c1nc(C)nc(-c3c(C)nn(-c4ccncc4)c3C)c12. The van der Waals surface area contributed by atoms with E-state index in [4.69, 9.17) is 97.3 Å². The molecule has 0 spiro atoms. The molecule has 4 N–H and O–H groups in total. The Kier molecular flexibility index (Phi) is 24.2. The van der Waals surface area contributed by atoms with Crippen LogP contribution in [0.25, 0.3) is 200 Å². The van der Waals surface area contributed by atoms with Crippen molar-refractivity contribution in [3.63, 3.8) is 0 Å². The van der Waals surface area contributed by atoms with E-state index in [-0.39, 0.29) is 0 Å². The number of hydrogen-bond acceptors (Lipinski definition) is 27. The highest BCUT2D eigenvalue weighted by atomic mass is 16.5. The number of ether oxygens (including phenoxy) is 4. The van der Waals surface area contributed by atoms with Gasteiger partial charge in [-0.3, -0.25) is 9.97 Å². The molecule has 0 fully saturated rings. The van der Waals surface area contributed by atoms with Crippen molar-refractivity contribution in [3.8, 4) is 135 Å². The molecule has 0 unspecified atom stereocenters. The minimum atomic E-state index is 0.673. The van der Waals surface area contributed by atoms with Crippen molar-refractivity contribution < 1.29 is 37.0 Å². The molecule has 732 valence electrons. The van der Waals surface area contributed by atoms with Crippen molar-refractivity contribution in [3.05, 3.63) is 267 Å². The molecule has 0 atom stereocenters. The Morgan fingerprint density at radius 2 is 0.589 bits per heavy atom. The Labute approximate surface area is 836 Å². The van der Waals surface area contributed by atoms with Crippen LogP contribution in [0.5, 0.6) is 23.0 Å². The van der Waals surface area contributed by atoms with Gasteiger partial charge in [-0.25, -0.2) is 63.6 Å². The van der Waals surface area contributed by atoms with E-state index in [9.17, 15) is 0 Å². The molecule has 19 aromatic heterocycles. The van der Waals surface area contributed by atoms with Crippen LogP contribution in [-0.4, -0.2) is 163 Å². The molecule has 5 aromatic carbocycles. The maximum atomic E-state index is 5.88. The molecule has 24 rings (SSSR count). The minimum Gasteiger partial charge on any atom is -0.496 e. The predicted octanol–water partition coefficient (Wildman–Crippen LogP) is 23.4. The fraction of sp³-hybridized carbons (Fsp3) is 0.234. The standard InChI is InChI=1S/C29H29N7O2.C28H26N6O2.2C27H25N7O2/c1-7-21-27(23(8-2)36(34-21)18-9-11-30-12-10-18)28-26-19-14-24(37-6)20(25-15(3)35-38-16(25)4)13-22(19)33-29(26)32-17(5)31-28;1-14-24(16(3)34(32-14)19-10-8-7-9-11-19)27-26-20-13-23(35-6)21(25-15(2)33-36-17(25)4)12-22(20)31-28(26)30-18(5)29-27;1-13-23(15(3)34(32-13)18-7-9-28-10-8-18)26-25-19-12-22(35-6)20(24-14(2)33-36-16(24)4)11-21(19)31-27(25)30-17(5)29-26;1-13-23(15(3)34(32-13)22-9-7-8-10-28-22)26-25-18-12-21(35-6)19(24-14(2)33-36-16(24)4)11-20(18)31-27(25)30-17(5)29-26/h9-14H,7-8H2,1-6H3,(H,31,32,33);7-13H,1-6H3,(H,29,30,31);2*7-12H,1-6H3,(H,29,30,31). The number of pyridine rings is 3. The molecule has 0 bridgehead atoms. The number of nitrogens with one attached hydrogen (secondary N) is 4. The van der Waals surface area contributed by atoms with Crippen LogP contribution in [0.3, 0.4) is 0 Å². The Balaban J connectivity index is 0.000000114. The second-order valence-electron chi connectivity index (χ2n) is 36.3. The third kappa shape index (κ3) is 16.1. The molecule has 0 aliphatic rings. The Morgan fingerprint density at radius 3 is 0.884 bits per heavy atom. The number of aromatic amines is 4. The zero-order valence-electron chi connectivity index (χ0n) is 85.4. The van der Waals surface area contributed by atoms with Crippen LogP contribution in [0, 0.1) is 125 Å². The van der Waals surface area contributed by atoms with Crippen molar-refractivity contribution in [2.45, 2.75) is 151 Å². The van der Waals surface area contributed by atoms with Gasteiger partial charge in [-0.15, -0.1) is 0 Å². The molecule has 0 amide bonds. The number of benzene rings is 5. The van der Waals surface area contributed by atoms with Gasteiger partial charge in [0.15, 0.2) is 5.82 Å². The first kappa shape index (κ1) is 94.2. The summed E-state index contributed by atoms with van der Waals surface area (Å²) in [5.74, 6) is 9.39. The third-order valence-corrected chi connectivity index (χ3v) is 27.0. The van der Waals surface area contributed by atoms with E-state index in [0.29, 0.717) is 23.3 Å². The van der Waals surface area contributed by atoms with Gasteiger partial charge in [0.05, 0.1) is 180 Å². The summed E-state index contributed by atoms with van der Waals surface area (Å²) in [5.41, 5.74) is 35.5. The molecule has 35 nitrogen and oxygen atoms in total. The van der Waals surface area contributed by atoms with Crippen molar-refractivity contribution in [1.29, 1.82) is 0 Å². The molecule has 0 radical (unpaired) electrons. The summed E-state index contributed by atoms with van der Waals surface area (Å²) >= 11 is 0. The summed E-state index contributed by atoms with van der Waals surface area (Å²) in [4.78, 5) is 65.6. The summed E-state index contributed by atoms with van der Waals surface area (Å²) in [6, 6.07) is 40.2. The van der Waals surface area contributed by atoms with Gasteiger partial charge in [0.25, 0.3) is 0 Å². The largest absolute Gasteiger partial charge is 0.496 e. The fourth-order valence-corrected chi connectivity index (χ4v) is 20.7. The zero-order valence-corrected chi connectivity index (χ0v) is 85.4. The first-order valence-electron chi connectivity index (χ1n) is 47.9. The van der Waals surface area contributed by atoms with Crippen LogP contribution >= 0.6 is 0 Å². The van der Waals surface area contributed by atoms with Crippen LogP contribution in [0.2, 0.25) is 0 Å². The number of rotatable bonds is 18. The number of aromatic nitrogens is 27. The van der Waals surface area contributed by atoms with Gasteiger partial charge in [0.1, 0.15) is 91.9 Å². The Hall–Kier alpha value is -18.1. The lowest BCUT2D eigenvalue weighted by Crippen LogP contribution is -2.02. The van der Waals surface area contributed by atoms with Gasteiger partial charge in [-0.2, -0.15) is 20.4 Å². The van der Waals surface area contributed by atoms with Crippen molar-refractivity contribution in [2.24, 2.45) is 0 Å². The number of para-hydroxylation sites is 1. The average molecular weight is 1950 g/mol. The highest BCUT2D eigenvalue weighted by Gasteiger charge is 2.33. The van der Waals surface area contributed by atoms with Crippen LogP contribution < -0.4 is 18.9 Å². The molecule has 0 saturated heterocycles. The Morgan fingerprint density at radius 1 is 0.288 bits per heavy atom. The van der Waals surface area contributed by atoms with Gasteiger partial charge in [0, 0.05) is 119 Å². The summed E-state index contributed by atoms with van der Waals surface area (Å²) in [7, 11) is 6.70. The van der Waals surface area contributed by atoms with Gasteiger partial charge in [-0.1, -0.05) is 58.7 Å². The molecule has 19 heterocycles. The molecular formula is C111H105N27O8. The molecule has 146 heavy (non-hydrogen) atoms. The van der Waals surface area contributed by atoms with Crippen molar-refractivity contribution in [2.75, 3.05) is 28.4 Å². The van der Waals surface area contributed by atoms with E-state index >= 15 is 0 Å². The maximum absolute atomic E-state index is 5.88. The number of fused-ring (bicyclic) bond motifs is 12. The third-order valence-electron chi connectivity index (χ3n) is 27.0. The lowest BCUT2D eigenvalue weighted by Gasteiger charge is -2.11. The molecular weight excluding hydrogens is 1840 g/mol. The number of methoxy groups -OCH3 is 4. The van der Waals surface area contributed by atoms with Gasteiger partial charge in [0.2, 0.25) is 0 Å². The molecule has 35 heteroatoms. The van der Waals surface area contributed by atoms with E-state index < -0.39 is 0 Å². The smallest absolute Gasteiger partial charge is 0.153 e. The van der Waals surface area contributed by atoms with E-state index in [2.05, 4.69) is 126 Å². The Bertz CT molecular complexity index is 8560. The van der Waals surface area contributed by atoms with Crippen LogP contribution in [-0.2, 0) is 12.8 Å². The monoisotopic (exact) mass is 1940 g/mol. The summed E-state index contributed by atoms with van der Waals surface area (Å²) in [6.45, 7) is 39.5. The van der Waals surface area contributed by atoms with Crippen LogP contribution in [0.4, 0.5) is 0 Å². The van der Waals surface area contributed by atoms with Crippen LogP contribution in [0.1, 0.15) is 129 Å². The normalized spacial score (nSPS) is 11.6. The average Bonchev–Trinajstić information content (AvgIpc) is 1.59. The zero-order chi connectivity index (χ0) is 102. The van der Waals surface area contributed by atoms with Crippen molar-refractivity contribution in [1.82, 2.24) is 135 Å². The van der Waals surface area contributed by atoms with Crippen molar-refractivity contribution >= 4 is 87.7 Å². The molecule has 0 aliphatic heterocycles. The minimum absolute atomic E-state index is 0.673. The molecule has 0 aliphatic carbocycles. The number of H-pyrrole nitrogens is 4. The topological polar surface area (TPSA) is 417 Å².